The lowest BCUT2D eigenvalue weighted by molar-refractivity contribution is -0.123. The first-order chi connectivity index (χ1) is 20.2. The number of allylic oxidation sites excluding steroid dienone is 1. The van der Waals surface area contributed by atoms with Crippen LogP contribution in [-0.2, 0) is 25.6 Å². The van der Waals surface area contributed by atoms with Crippen molar-refractivity contribution in [2.24, 2.45) is 0 Å². The van der Waals surface area contributed by atoms with Crippen LogP contribution in [0.3, 0.4) is 0 Å². The van der Waals surface area contributed by atoms with Crippen molar-refractivity contribution in [1.82, 2.24) is 29.3 Å². The number of nitrogens with one attached hydrogen (secondary N) is 2. The normalized spacial score (nSPS) is 12.2. The first kappa shape index (κ1) is 32.4. The van der Waals surface area contributed by atoms with Crippen LogP contribution in [-0.4, -0.2) is 80.9 Å². The Hall–Kier alpha value is -5.08. The molecule has 0 aliphatic carbocycles. The third-order valence-electron chi connectivity index (χ3n) is 5.85. The van der Waals surface area contributed by atoms with Gasteiger partial charge in [-0.2, -0.15) is 0 Å². The van der Waals surface area contributed by atoms with Gasteiger partial charge in [0.2, 0.25) is 11.8 Å². The highest BCUT2D eigenvalue weighted by Gasteiger charge is 2.25. The average molecular weight is 600 g/mol. The molecular weight excluding hydrogens is 565 g/mol. The molecule has 2 heterocycles. The van der Waals surface area contributed by atoms with Crippen molar-refractivity contribution in [2.75, 3.05) is 26.5 Å². The van der Waals surface area contributed by atoms with Crippen molar-refractivity contribution < 1.29 is 33.0 Å². The van der Waals surface area contributed by atoms with E-state index in [1.165, 1.54) is 29.4 Å². The minimum Gasteiger partial charge on any atom is -0.453 e. The summed E-state index contributed by atoms with van der Waals surface area (Å²) in [5, 5.41) is 4.87. The van der Waals surface area contributed by atoms with Crippen molar-refractivity contribution in [3.8, 4) is 0 Å². The largest absolute Gasteiger partial charge is 0.453 e. The van der Waals surface area contributed by atoms with Gasteiger partial charge in [-0.1, -0.05) is 6.08 Å². The van der Waals surface area contributed by atoms with Gasteiger partial charge in [0.1, 0.15) is 29.0 Å². The highest BCUT2D eigenvalue weighted by molar-refractivity contribution is 5.96. The Morgan fingerprint density at radius 2 is 1.91 bits per heavy atom. The minimum atomic E-state index is -1.12. The Morgan fingerprint density at radius 1 is 1.19 bits per heavy atom. The number of fused-ring (bicyclic) bond motifs is 1. The number of hydrogen-bond acceptors (Lipinski definition) is 9. The summed E-state index contributed by atoms with van der Waals surface area (Å²) in [6.07, 6.45) is 3.91. The van der Waals surface area contributed by atoms with E-state index in [4.69, 9.17) is 4.74 Å². The molecule has 0 aliphatic rings. The molecule has 0 radical (unpaired) electrons. The molecule has 1 aromatic carbocycles. The van der Waals surface area contributed by atoms with Gasteiger partial charge in [0, 0.05) is 20.2 Å². The molecule has 14 nitrogen and oxygen atoms in total. The summed E-state index contributed by atoms with van der Waals surface area (Å²) >= 11 is 0. The fourth-order valence-corrected chi connectivity index (χ4v) is 3.81. The number of imidazole rings is 1. The number of carbonyl (C=O) groups is 4. The van der Waals surface area contributed by atoms with Gasteiger partial charge in [0.05, 0.1) is 37.2 Å². The summed E-state index contributed by atoms with van der Waals surface area (Å²) < 4.78 is 26.3. The molecule has 0 fully saturated rings. The first-order valence-electron chi connectivity index (χ1n) is 13.2. The van der Waals surface area contributed by atoms with Crippen LogP contribution in [0.4, 0.5) is 19.7 Å². The fraction of sp³-hybridized carbons (Fsp3) is 0.393. The zero-order valence-corrected chi connectivity index (χ0v) is 24.7. The molecule has 15 heteroatoms. The number of benzene rings is 1. The highest BCUT2D eigenvalue weighted by atomic mass is 19.1. The summed E-state index contributed by atoms with van der Waals surface area (Å²) in [7, 11) is 4.32. The van der Waals surface area contributed by atoms with Gasteiger partial charge in [0.25, 0.3) is 5.56 Å². The molecule has 0 spiro atoms. The van der Waals surface area contributed by atoms with Crippen LogP contribution in [0.5, 0.6) is 0 Å². The van der Waals surface area contributed by atoms with Crippen LogP contribution in [0.15, 0.2) is 47.7 Å². The molecule has 0 unspecified atom stereocenters. The van der Waals surface area contributed by atoms with E-state index in [-0.39, 0.29) is 47.8 Å². The van der Waals surface area contributed by atoms with E-state index in [0.29, 0.717) is 0 Å². The molecule has 2 N–H and O–H groups in total. The number of carbonyl (C=O) groups excluding carboxylic acids is 4. The Labute approximate surface area is 246 Å². The second-order valence-corrected chi connectivity index (χ2v) is 10.6. The number of rotatable bonds is 9. The van der Waals surface area contributed by atoms with Crippen LogP contribution in [0.25, 0.3) is 11.0 Å². The number of amides is 3. The molecule has 0 saturated carbocycles. The number of aromatic nitrogens is 4. The van der Waals surface area contributed by atoms with Gasteiger partial charge in [-0.05, 0) is 51.8 Å². The van der Waals surface area contributed by atoms with Crippen molar-refractivity contribution in [3.05, 3.63) is 64.9 Å². The maximum atomic E-state index is 13.9. The third kappa shape index (κ3) is 8.70. The topological polar surface area (TPSA) is 167 Å². The van der Waals surface area contributed by atoms with E-state index >= 15 is 0 Å². The quantitative estimate of drug-likeness (QED) is 0.352. The number of hydrogen-bond donors (Lipinski definition) is 2. The van der Waals surface area contributed by atoms with E-state index in [0.717, 1.165) is 28.5 Å². The summed E-state index contributed by atoms with van der Waals surface area (Å²) in [6, 6.07) is 2.58. The molecule has 230 valence electrons. The highest BCUT2D eigenvalue weighted by Crippen LogP contribution is 2.21. The maximum Gasteiger partial charge on any atom is 0.420 e. The van der Waals surface area contributed by atoms with Gasteiger partial charge in [-0.3, -0.25) is 19.0 Å². The Kier molecular flexibility index (Phi) is 10.4. The fourth-order valence-electron chi connectivity index (χ4n) is 3.81. The predicted octanol–water partition coefficient (Wildman–Crippen LogP) is 2.65. The molecule has 3 amide bonds. The summed E-state index contributed by atoms with van der Waals surface area (Å²) in [4.78, 5) is 72.8. The Bertz CT molecular complexity index is 1600. The number of likely N-dealkylation sites (N-methyl/N-ethyl adjacent to an activating group) is 1. The van der Waals surface area contributed by atoms with Crippen molar-refractivity contribution in [3.63, 3.8) is 0 Å². The van der Waals surface area contributed by atoms with Crippen LogP contribution in [0.1, 0.15) is 39.4 Å². The van der Waals surface area contributed by atoms with Crippen molar-refractivity contribution >= 4 is 40.7 Å². The van der Waals surface area contributed by atoms with Gasteiger partial charge in [-0.25, -0.2) is 28.5 Å². The maximum absolute atomic E-state index is 13.9. The van der Waals surface area contributed by atoms with Crippen molar-refractivity contribution in [2.45, 2.75) is 51.8 Å². The van der Waals surface area contributed by atoms with Gasteiger partial charge in [-0.15, -0.1) is 0 Å². The van der Waals surface area contributed by atoms with Crippen LogP contribution in [0, 0.1) is 5.82 Å². The lowest BCUT2D eigenvalue weighted by Gasteiger charge is -2.20. The second kappa shape index (κ2) is 13.7. The summed E-state index contributed by atoms with van der Waals surface area (Å²) in [5.74, 6) is -1.48. The number of anilines is 1. The third-order valence-corrected chi connectivity index (χ3v) is 5.85. The SMILES string of the molecule is COC(=O)N[C@@H](CC/C=C/C(=O)N(C)C)C(=O)Nc1cncn(Cc2nc3cc(F)ccc3n2C(=O)OC(C)(C)C)c1=O. The lowest BCUT2D eigenvalue weighted by atomic mass is 10.1. The van der Waals surface area contributed by atoms with Gasteiger partial charge in [0.15, 0.2) is 0 Å². The smallest absolute Gasteiger partial charge is 0.420 e. The van der Waals surface area contributed by atoms with Gasteiger partial charge < -0.3 is 25.0 Å². The predicted molar refractivity (Wildman–Crippen MR) is 154 cm³/mol. The van der Waals surface area contributed by atoms with Crippen LogP contribution in [0.2, 0.25) is 0 Å². The minimum absolute atomic E-state index is 0.0616. The molecule has 0 bridgehead atoms. The second-order valence-electron chi connectivity index (χ2n) is 10.6. The van der Waals surface area contributed by atoms with E-state index in [1.807, 2.05) is 0 Å². The Morgan fingerprint density at radius 3 is 2.56 bits per heavy atom. The number of nitrogens with zero attached hydrogens (tertiary/aromatic N) is 5. The zero-order valence-electron chi connectivity index (χ0n) is 24.7. The zero-order chi connectivity index (χ0) is 31.9. The van der Waals surface area contributed by atoms with E-state index in [9.17, 15) is 28.4 Å². The average Bonchev–Trinajstić information content (AvgIpc) is 3.28. The van der Waals surface area contributed by atoms with E-state index < -0.39 is 41.1 Å². The Balaban J connectivity index is 1.88. The molecule has 2 aromatic heterocycles. The first-order valence-corrected chi connectivity index (χ1v) is 13.2. The molecular formula is C28H34FN7O7. The molecule has 0 aliphatic heterocycles. The molecule has 0 saturated heterocycles. The van der Waals surface area contributed by atoms with E-state index in [2.05, 4.69) is 25.3 Å². The molecule has 43 heavy (non-hydrogen) atoms. The standard InChI is InChI=1S/C28H34FN7O7/c1-28(2,3)43-27(41)36-21-12-11-17(29)13-19(21)31-22(36)15-35-16-30-14-20(25(35)39)32-24(38)18(33-26(40)42-6)9-7-8-10-23(37)34(4)5/h8,10-14,16,18H,7,9,15H2,1-6H3,(H,32,38)(H,33,40)/b10-8+/t18-/m0/s1. The number of ether oxygens (including phenoxy) is 2. The molecule has 3 aromatic rings. The number of methoxy groups -OCH3 is 1. The number of halogens is 1. The molecule has 1 atom stereocenters. The number of alkyl carbamates (subject to hydrolysis) is 1. The van der Waals surface area contributed by atoms with Crippen LogP contribution >= 0.6 is 0 Å². The lowest BCUT2D eigenvalue weighted by Crippen LogP contribution is -2.44. The van der Waals surface area contributed by atoms with E-state index in [1.54, 1.807) is 40.9 Å². The summed E-state index contributed by atoms with van der Waals surface area (Å²) in [5.41, 5.74) is -1.31. The van der Waals surface area contributed by atoms with Crippen molar-refractivity contribution in [1.29, 1.82) is 0 Å². The van der Waals surface area contributed by atoms with Gasteiger partial charge >= 0.3 is 12.2 Å². The van der Waals surface area contributed by atoms with Crippen LogP contribution < -0.4 is 16.2 Å². The molecule has 3 rings (SSSR count). The summed E-state index contributed by atoms with van der Waals surface area (Å²) in [6.45, 7) is 4.78. The monoisotopic (exact) mass is 599 g/mol.